The summed E-state index contributed by atoms with van der Waals surface area (Å²) in [5, 5.41) is 7.15. The van der Waals surface area contributed by atoms with Crippen LogP contribution in [0.25, 0.3) is 0 Å². The number of anilines is 3. The minimum atomic E-state index is 0.626. The molecule has 2 aromatic rings. The summed E-state index contributed by atoms with van der Waals surface area (Å²) < 4.78 is 0. The van der Waals surface area contributed by atoms with Crippen molar-refractivity contribution < 1.29 is 0 Å². The van der Waals surface area contributed by atoms with E-state index in [-0.39, 0.29) is 0 Å². The van der Waals surface area contributed by atoms with Gasteiger partial charge in [0.1, 0.15) is 5.82 Å². The molecule has 0 unspecified atom stereocenters. The summed E-state index contributed by atoms with van der Waals surface area (Å²) in [6.07, 6.45) is 0. The Kier molecular flexibility index (Phi) is 5.36. The summed E-state index contributed by atoms with van der Waals surface area (Å²) >= 11 is 5.98. The van der Waals surface area contributed by atoms with Crippen molar-refractivity contribution >= 4 is 29.1 Å². The zero-order valence-corrected chi connectivity index (χ0v) is 13.3. The number of nitrogens with one attached hydrogen (secondary N) is 2. The monoisotopic (exact) mass is 305 g/mol. The van der Waals surface area contributed by atoms with Crippen molar-refractivity contribution in [3.63, 3.8) is 0 Å². The maximum atomic E-state index is 5.98. The Bertz CT molecular complexity index is 600. The topological polar surface area (TPSA) is 53.1 Å². The molecule has 0 saturated carbocycles. The van der Waals surface area contributed by atoms with Crippen molar-refractivity contribution in [2.45, 2.75) is 6.92 Å². The SMILES string of the molecule is Cc1cc(Nc2cccc(Cl)c2)nc(NCCN(C)C)n1. The summed E-state index contributed by atoms with van der Waals surface area (Å²) in [5.41, 5.74) is 1.81. The first kappa shape index (κ1) is 15.5. The van der Waals surface area contributed by atoms with E-state index in [0.29, 0.717) is 11.0 Å². The van der Waals surface area contributed by atoms with Crippen LogP contribution >= 0.6 is 11.6 Å². The molecule has 0 fully saturated rings. The zero-order chi connectivity index (χ0) is 15.2. The average molecular weight is 306 g/mol. The summed E-state index contributed by atoms with van der Waals surface area (Å²) in [5.74, 6) is 1.37. The van der Waals surface area contributed by atoms with Crippen molar-refractivity contribution in [2.24, 2.45) is 0 Å². The molecule has 0 spiro atoms. The number of nitrogens with zero attached hydrogens (tertiary/aromatic N) is 3. The number of aryl methyl sites for hydroxylation is 1. The highest BCUT2D eigenvalue weighted by molar-refractivity contribution is 6.30. The van der Waals surface area contributed by atoms with Crippen LogP contribution in [0.15, 0.2) is 30.3 Å². The quantitative estimate of drug-likeness (QED) is 0.858. The number of hydrogen-bond acceptors (Lipinski definition) is 5. The molecule has 112 valence electrons. The van der Waals surface area contributed by atoms with Gasteiger partial charge in [0.15, 0.2) is 0 Å². The zero-order valence-electron chi connectivity index (χ0n) is 12.5. The molecule has 0 atom stereocenters. The number of halogens is 1. The Morgan fingerprint density at radius 3 is 2.71 bits per heavy atom. The molecule has 5 nitrogen and oxygen atoms in total. The maximum Gasteiger partial charge on any atom is 0.224 e. The van der Waals surface area contributed by atoms with E-state index < -0.39 is 0 Å². The van der Waals surface area contributed by atoms with Crippen molar-refractivity contribution in [3.8, 4) is 0 Å². The Morgan fingerprint density at radius 2 is 2.00 bits per heavy atom. The van der Waals surface area contributed by atoms with Gasteiger partial charge in [-0.25, -0.2) is 4.98 Å². The number of hydrogen-bond donors (Lipinski definition) is 2. The van der Waals surface area contributed by atoms with Crippen LogP contribution in [0.1, 0.15) is 5.69 Å². The van der Waals surface area contributed by atoms with Gasteiger partial charge in [-0.1, -0.05) is 17.7 Å². The fourth-order valence-electron chi connectivity index (χ4n) is 1.82. The van der Waals surface area contributed by atoms with Crippen molar-refractivity contribution in [1.82, 2.24) is 14.9 Å². The molecule has 0 bridgehead atoms. The minimum Gasteiger partial charge on any atom is -0.353 e. The molecule has 0 radical (unpaired) electrons. The highest BCUT2D eigenvalue weighted by atomic mass is 35.5. The fraction of sp³-hybridized carbons (Fsp3) is 0.333. The van der Waals surface area contributed by atoms with Gasteiger partial charge in [0.25, 0.3) is 0 Å². The highest BCUT2D eigenvalue weighted by Gasteiger charge is 2.03. The molecule has 0 saturated heterocycles. The lowest BCUT2D eigenvalue weighted by atomic mass is 10.3. The lowest BCUT2D eigenvalue weighted by Crippen LogP contribution is -2.21. The summed E-state index contributed by atoms with van der Waals surface area (Å²) in [6.45, 7) is 3.67. The smallest absolute Gasteiger partial charge is 0.224 e. The molecule has 2 rings (SSSR count). The lowest BCUT2D eigenvalue weighted by Gasteiger charge is -2.12. The van der Waals surface area contributed by atoms with Gasteiger partial charge in [0.2, 0.25) is 5.95 Å². The lowest BCUT2D eigenvalue weighted by molar-refractivity contribution is 0.425. The Balaban J connectivity index is 2.07. The van der Waals surface area contributed by atoms with Gasteiger partial charge in [0, 0.05) is 35.6 Å². The molecule has 6 heteroatoms. The predicted molar refractivity (Wildman–Crippen MR) is 88.5 cm³/mol. The molecule has 1 aromatic carbocycles. The highest BCUT2D eigenvalue weighted by Crippen LogP contribution is 2.20. The Morgan fingerprint density at radius 1 is 1.19 bits per heavy atom. The van der Waals surface area contributed by atoms with Gasteiger partial charge in [-0.05, 0) is 39.2 Å². The Hall–Kier alpha value is -1.85. The second kappa shape index (κ2) is 7.24. The normalized spacial score (nSPS) is 10.7. The van der Waals surface area contributed by atoms with E-state index in [2.05, 4.69) is 25.5 Å². The van der Waals surface area contributed by atoms with Crippen molar-refractivity contribution in [1.29, 1.82) is 0 Å². The average Bonchev–Trinajstić information content (AvgIpc) is 2.37. The van der Waals surface area contributed by atoms with Crippen molar-refractivity contribution in [3.05, 3.63) is 41.0 Å². The molecule has 1 heterocycles. The van der Waals surface area contributed by atoms with E-state index in [4.69, 9.17) is 11.6 Å². The summed E-state index contributed by atoms with van der Waals surface area (Å²) in [6, 6.07) is 9.44. The van der Waals surface area contributed by atoms with Gasteiger partial charge in [-0.2, -0.15) is 4.98 Å². The molecule has 0 aliphatic heterocycles. The van der Waals surface area contributed by atoms with E-state index in [0.717, 1.165) is 30.3 Å². The van der Waals surface area contributed by atoms with Gasteiger partial charge < -0.3 is 15.5 Å². The maximum absolute atomic E-state index is 5.98. The van der Waals surface area contributed by atoms with Crippen LogP contribution in [-0.4, -0.2) is 42.1 Å². The van der Waals surface area contributed by atoms with Gasteiger partial charge in [-0.3, -0.25) is 0 Å². The summed E-state index contributed by atoms with van der Waals surface area (Å²) in [4.78, 5) is 10.9. The molecule has 0 aliphatic rings. The van der Waals surface area contributed by atoms with E-state index in [1.807, 2.05) is 51.4 Å². The third kappa shape index (κ3) is 5.21. The second-order valence-electron chi connectivity index (χ2n) is 5.08. The van der Waals surface area contributed by atoms with E-state index in [1.165, 1.54) is 0 Å². The van der Waals surface area contributed by atoms with Gasteiger partial charge >= 0.3 is 0 Å². The van der Waals surface area contributed by atoms with Gasteiger partial charge in [-0.15, -0.1) is 0 Å². The number of benzene rings is 1. The molecule has 21 heavy (non-hydrogen) atoms. The molecular weight excluding hydrogens is 286 g/mol. The minimum absolute atomic E-state index is 0.626. The summed E-state index contributed by atoms with van der Waals surface area (Å²) in [7, 11) is 4.07. The van der Waals surface area contributed by atoms with Crippen LogP contribution in [0, 0.1) is 6.92 Å². The second-order valence-corrected chi connectivity index (χ2v) is 5.52. The largest absolute Gasteiger partial charge is 0.353 e. The Labute approximate surface area is 130 Å². The molecule has 1 aromatic heterocycles. The van der Waals surface area contributed by atoms with Crippen LogP contribution in [0.5, 0.6) is 0 Å². The van der Waals surface area contributed by atoms with Crippen LogP contribution in [0.4, 0.5) is 17.5 Å². The third-order valence-corrected chi connectivity index (χ3v) is 3.03. The van der Waals surface area contributed by atoms with E-state index in [9.17, 15) is 0 Å². The van der Waals surface area contributed by atoms with Crippen LogP contribution < -0.4 is 10.6 Å². The first-order valence-corrected chi connectivity index (χ1v) is 7.17. The fourth-order valence-corrected chi connectivity index (χ4v) is 2.01. The number of likely N-dealkylation sites (N-methyl/N-ethyl adjacent to an activating group) is 1. The van der Waals surface area contributed by atoms with E-state index >= 15 is 0 Å². The first-order valence-electron chi connectivity index (χ1n) is 6.80. The third-order valence-electron chi connectivity index (χ3n) is 2.79. The standard InChI is InChI=1S/C15H20ClN5/c1-11-9-14(19-13-6-4-5-12(16)10-13)20-15(18-11)17-7-8-21(2)3/h4-6,9-10H,7-8H2,1-3H3,(H2,17,18,19,20). The number of rotatable bonds is 6. The molecule has 0 aliphatic carbocycles. The molecule has 2 N–H and O–H groups in total. The van der Waals surface area contributed by atoms with Gasteiger partial charge in [0.05, 0.1) is 0 Å². The van der Waals surface area contributed by atoms with Crippen LogP contribution in [0.2, 0.25) is 5.02 Å². The first-order chi connectivity index (χ1) is 10.0. The predicted octanol–water partition coefficient (Wildman–Crippen LogP) is 3.16. The van der Waals surface area contributed by atoms with Crippen LogP contribution in [-0.2, 0) is 0 Å². The number of aromatic nitrogens is 2. The van der Waals surface area contributed by atoms with Crippen molar-refractivity contribution in [2.75, 3.05) is 37.8 Å². The van der Waals surface area contributed by atoms with Crippen LogP contribution in [0.3, 0.4) is 0 Å². The molecular formula is C15H20ClN5. The molecule has 0 amide bonds. The van der Waals surface area contributed by atoms with E-state index in [1.54, 1.807) is 0 Å².